The van der Waals surface area contributed by atoms with Gasteiger partial charge in [0.1, 0.15) is 11.4 Å². The number of aromatic nitrogens is 1. The van der Waals surface area contributed by atoms with Gasteiger partial charge in [0.05, 0.1) is 19.3 Å². The summed E-state index contributed by atoms with van der Waals surface area (Å²) in [5, 5.41) is 6.28. The Morgan fingerprint density at radius 2 is 1.77 bits per heavy atom. The van der Waals surface area contributed by atoms with Gasteiger partial charge in [-0.15, -0.1) is 0 Å². The van der Waals surface area contributed by atoms with Crippen molar-refractivity contribution in [3.05, 3.63) is 71.0 Å². The monoisotopic (exact) mass is 472 g/mol. The lowest BCUT2D eigenvalue weighted by Gasteiger charge is -2.55. The molecule has 1 amide bonds. The number of nitrogens with one attached hydrogen (secondary N) is 2. The van der Waals surface area contributed by atoms with Crippen molar-refractivity contribution in [1.82, 2.24) is 9.88 Å². The number of hydrogen-bond donors (Lipinski definition) is 2. The third kappa shape index (κ3) is 4.37. The predicted octanol–water partition coefficient (Wildman–Crippen LogP) is 4.64. The Balaban J connectivity index is 1.33. The highest BCUT2D eigenvalue weighted by atomic mass is 16.5. The summed E-state index contributed by atoms with van der Waals surface area (Å²) in [7, 11) is 3.55. The minimum absolute atomic E-state index is 0.0831. The lowest BCUT2D eigenvalue weighted by atomic mass is 9.86. The highest BCUT2D eigenvalue weighted by Gasteiger charge is 2.48. The van der Waals surface area contributed by atoms with Crippen molar-refractivity contribution >= 4 is 17.3 Å². The van der Waals surface area contributed by atoms with Crippen LogP contribution < -0.4 is 15.4 Å². The lowest BCUT2D eigenvalue weighted by molar-refractivity contribution is -0.223. The Morgan fingerprint density at radius 3 is 2.37 bits per heavy atom. The number of methoxy groups -OCH3 is 1. The van der Waals surface area contributed by atoms with Gasteiger partial charge in [-0.1, -0.05) is 24.3 Å². The summed E-state index contributed by atoms with van der Waals surface area (Å²) in [6.45, 7) is 7.60. The second kappa shape index (κ2) is 9.32. The Labute approximate surface area is 206 Å². The van der Waals surface area contributed by atoms with E-state index < -0.39 is 0 Å². The van der Waals surface area contributed by atoms with Crippen LogP contribution in [-0.4, -0.2) is 55.2 Å². The molecule has 2 fully saturated rings. The molecule has 182 valence electrons. The first-order valence-electron chi connectivity index (χ1n) is 12.0. The smallest absolute Gasteiger partial charge is 0.274 e. The fourth-order valence-corrected chi connectivity index (χ4v) is 5.11. The van der Waals surface area contributed by atoms with Crippen LogP contribution in [0.15, 0.2) is 48.7 Å². The summed E-state index contributed by atoms with van der Waals surface area (Å²) in [4.78, 5) is 19.9. The van der Waals surface area contributed by atoms with E-state index >= 15 is 0 Å². The van der Waals surface area contributed by atoms with Crippen LogP contribution >= 0.6 is 0 Å². The van der Waals surface area contributed by atoms with Gasteiger partial charge < -0.3 is 20.1 Å². The number of carbonyl (C=O) groups is 1. The third-order valence-corrected chi connectivity index (χ3v) is 7.26. The van der Waals surface area contributed by atoms with Crippen LogP contribution in [0.4, 0.5) is 11.4 Å². The van der Waals surface area contributed by atoms with E-state index in [9.17, 15) is 4.79 Å². The summed E-state index contributed by atoms with van der Waals surface area (Å²) < 4.78 is 11.3. The average Bonchev–Trinajstić information content (AvgIpc) is 2.81. The standard InChI is InChI=1S/C28H32N4O3/c1-18-21(7-5-9-23(18)29-3)22-8-6-10-24(19(22)2)31-27(33)25-13-26(34-4)20(14-30-25)15-32-16-28(17-32)11-12-35-28/h5-10,13-14,29H,11-12,15-17H2,1-4H3,(H,31,33). The molecule has 2 aliphatic rings. The zero-order valence-corrected chi connectivity index (χ0v) is 20.8. The van der Waals surface area contributed by atoms with E-state index in [-0.39, 0.29) is 11.5 Å². The van der Waals surface area contributed by atoms with Gasteiger partial charge in [-0.05, 0) is 48.2 Å². The van der Waals surface area contributed by atoms with Crippen LogP contribution in [0.2, 0.25) is 0 Å². The van der Waals surface area contributed by atoms with Gasteiger partial charge in [-0.25, -0.2) is 0 Å². The Kier molecular flexibility index (Phi) is 6.21. The molecular formula is C28H32N4O3. The second-order valence-electron chi connectivity index (χ2n) is 9.47. The molecule has 0 aliphatic carbocycles. The number of hydrogen-bond acceptors (Lipinski definition) is 6. The molecule has 0 bridgehead atoms. The van der Waals surface area contributed by atoms with Crippen molar-refractivity contribution < 1.29 is 14.3 Å². The van der Waals surface area contributed by atoms with E-state index in [4.69, 9.17) is 9.47 Å². The molecule has 0 atom stereocenters. The molecule has 3 heterocycles. The number of pyridine rings is 1. The number of anilines is 2. The molecule has 1 spiro atoms. The van der Waals surface area contributed by atoms with Crippen LogP contribution in [0, 0.1) is 13.8 Å². The summed E-state index contributed by atoms with van der Waals surface area (Å²) in [5.41, 5.74) is 7.61. The van der Waals surface area contributed by atoms with Gasteiger partial charge in [-0.3, -0.25) is 14.7 Å². The van der Waals surface area contributed by atoms with Gasteiger partial charge in [-0.2, -0.15) is 0 Å². The normalized spacial score (nSPS) is 16.3. The number of amides is 1. The van der Waals surface area contributed by atoms with Gasteiger partial charge >= 0.3 is 0 Å². The fourth-order valence-electron chi connectivity index (χ4n) is 5.11. The van der Waals surface area contributed by atoms with E-state index in [0.29, 0.717) is 11.4 Å². The van der Waals surface area contributed by atoms with Gasteiger partial charge in [0.25, 0.3) is 5.91 Å². The van der Waals surface area contributed by atoms with Crippen molar-refractivity contribution in [2.75, 3.05) is 44.5 Å². The Morgan fingerprint density at radius 1 is 1.11 bits per heavy atom. The molecule has 0 radical (unpaired) electrons. The van der Waals surface area contributed by atoms with Crippen molar-refractivity contribution in [3.63, 3.8) is 0 Å². The third-order valence-electron chi connectivity index (χ3n) is 7.26. The van der Waals surface area contributed by atoms with Gasteiger partial charge in [0.2, 0.25) is 0 Å². The van der Waals surface area contributed by atoms with E-state index in [1.807, 2.05) is 32.2 Å². The molecule has 1 aromatic heterocycles. The lowest BCUT2D eigenvalue weighted by Crippen LogP contribution is -2.67. The van der Waals surface area contributed by atoms with Gasteiger partial charge in [0, 0.05) is 62.3 Å². The average molecular weight is 473 g/mol. The van der Waals surface area contributed by atoms with Crippen molar-refractivity contribution in [2.45, 2.75) is 32.4 Å². The van der Waals surface area contributed by atoms with Gasteiger partial charge in [0.15, 0.2) is 0 Å². The van der Waals surface area contributed by atoms with Crippen molar-refractivity contribution in [2.24, 2.45) is 0 Å². The molecular weight excluding hydrogens is 440 g/mol. The molecule has 0 saturated carbocycles. The molecule has 0 unspecified atom stereocenters. The molecule has 2 aliphatic heterocycles. The van der Waals surface area contributed by atoms with E-state index in [2.05, 4.69) is 45.6 Å². The second-order valence-corrected chi connectivity index (χ2v) is 9.47. The maximum Gasteiger partial charge on any atom is 0.274 e. The van der Waals surface area contributed by atoms with Crippen LogP contribution in [0.1, 0.15) is 33.6 Å². The number of nitrogens with zero attached hydrogens (tertiary/aromatic N) is 2. The van der Waals surface area contributed by atoms with Crippen LogP contribution in [0.5, 0.6) is 5.75 Å². The minimum Gasteiger partial charge on any atom is -0.496 e. The fraction of sp³-hybridized carbons (Fsp3) is 0.357. The van der Waals surface area contributed by atoms with E-state index in [1.54, 1.807) is 19.4 Å². The number of rotatable bonds is 7. The molecule has 3 aromatic rings. The largest absolute Gasteiger partial charge is 0.496 e. The maximum atomic E-state index is 13.1. The topological polar surface area (TPSA) is 75.7 Å². The first-order chi connectivity index (χ1) is 16.9. The number of benzene rings is 2. The molecule has 2 aromatic carbocycles. The molecule has 35 heavy (non-hydrogen) atoms. The summed E-state index contributed by atoms with van der Waals surface area (Å²) in [6, 6.07) is 13.9. The molecule has 2 N–H and O–H groups in total. The highest BCUT2D eigenvalue weighted by molar-refractivity contribution is 6.04. The number of likely N-dealkylation sites (tertiary alicyclic amines) is 1. The highest BCUT2D eigenvalue weighted by Crippen LogP contribution is 2.37. The van der Waals surface area contributed by atoms with E-state index in [0.717, 1.165) is 66.3 Å². The Bertz CT molecular complexity index is 1260. The zero-order chi connectivity index (χ0) is 24.6. The summed E-state index contributed by atoms with van der Waals surface area (Å²) >= 11 is 0. The van der Waals surface area contributed by atoms with E-state index in [1.165, 1.54) is 5.56 Å². The predicted molar refractivity (Wildman–Crippen MR) is 138 cm³/mol. The molecule has 2 saturated heterocycles. The minimum atomic E-state index is -0.262. The quantitative estimate of drug-likeness (QED) is 0.522. The zero-order valence-electron chi connectivity index (χ0n) is 20.8. The summed E-state index contributed by atoms with van der Waals surface area (Å²) in [5.74, 6) is 0.409. The van der Waals surface area contributed by atoms with Crippen molar-refractivity contribution in [3.8, 4) is 16.9 Å². The molecule has 5 rings (SSSR count). The number of ether oxygens (including phenoxy) is 2. The maximum absolute atomic E-state index is 13.1. The number of carbonyl (C=O) groups excluding carboxylic acids is 1. The van der Waals surface area contributed by atoms with Crippen molar-refractivity contribution in [1.29, 1.82) is 0 Å². The van der Waals surface area contributed by atoms with Crippen LogP contribution in [-0.2, 0) is 11.3 Å². The summed E-state index contributed by atoms with van der Waals surface area (Å²) in [6.07, 6.45) is 2.88. The SMILES string of the molecule is CNc1cccc(-c2cccc(NC(=O)c3cc(OC)c(CN4CC5(CCO5)C4)cn3)c2C)c1C. The first kappa shape index (κ1) is 23.3. The first-order valence-corrected chi connectivity index (χ1v) is 12.0. The molecule has 7 heteroatoms. The Hall–Kier alpha value is -3.42. The van der Waals surface area contributed by atoms with Crippen LogP contribution in [0.3, 0.4) is 0 Å². The van der Waals surface area contributed by atoms with Crippen LogP contribution in [0.25, 0.3) is 11.1 Å². The molecule has 7 nitrogen and oxygen atoms in total.